The number of hydrogen-bond donors (Lipinski definition) is 3. The lowest BCUT2D eigenvalue weighted by Gasteiger charge is -2.10. The highest BCUT2D eigenvalue weighted by molar-refractivity contribution is 7.80. The van der Waals surface area contributed by atoms with Gasteiger partial charge in [0.15, 0.2) is 11.7 Å². The van der Waals surface area contributed by atoms with Crippen LogP contribution in [0.1, 0.15) is 6.92 Å². The first-order valence-corrected chi connectivity index (χ1v) is 7.82. The third-order valence-corrected chi connectivity index (χ3v) is 2.85. The van der Waals surface area contributed by atoms with E-state index in [-0.39, 0.29) is 18.3 Å². The van der Waals surface area contributed by atoms with Crippen molar-refractivity contribution in [2.45, 2.75) is 6.92 Å². The predicted molar refractivity (Wildman–Crippen MR) is 94.7 cm³/mol. The summed E-state index contributed by atoms with van der Waals surface area (Å²) in [5.41, 5.74) is 4.56. The predicted octanol–water partition coefficient (Wildman–Crippen LogP) is 0.860. The Bertz CT molecular complexity index is 664. The lowest BCUT2D eigenvalue weighted by Crippen LogP contribution is -2.49. The molecule has 25 heavy (non-hydrogen) atoms. The van der Waals surface area contributed by atoms with E-state index in [1.807, 2.05) is 0 Å². The lowest BCUT2D eigenvalue weighted by molar-refractivity contribution is -0.137. The molecule has 0 atom stereocenters. The van der Waals surface area contributed by atoms with Crippen molar-refractivity contribution in [2.75, 3.05) is 13.2 Å². The van der Waals surface area contributed by atoms with Crippen LogP contribution >= 0.6 is 23.8 Å². The van der Waals surface area contributed by atoms with Gasteiger partial charge in [-0.2, -0.15) is 0 Å². The van der Waals surface area contributed by atoms with E-state index in [0.717, 1.165) is 12.2 Å². The number of rotatable bonds is 6. The number of amides is 2. The molecular formula is C15H16ClN3O5S. The Kier molecular flexibility index (Phi) is 8.97. The molecule has 1 aromatic carbocycles. The highest BCUT2D eigenvalue weighted by Crippen LogP contribution is 2.15. The molecule has 0 unspecified atom stereocenters. The first-order chi connectivity index (χ1) is 11.9. The Morgan fingerprint density at radius 1 is 1.16 bits per heavy atom. The van der Waals surface area contributed by atoms with Crippen LogP contribution in [0.5, 0.6) is 5.75 Å². The Hall–Kier alpha value is -2.65. The first kappa shape index (κ1) is 20.4. The van der Waals surface area contributed by atoms with Crippen LogP contribution < -0.4 is 20.9 Å². The molecule has 1 aromatic rings. The van der Waals surface area contributed by atoms with E-state index in [0.29, 0.717) is 10.8 Å². The molecule has 0 spiro atoms. The molecule has 0 heterocycles. The Balaban J connectivity index is 2.26. The Morgan fingerprint density at radius 2 is 1.84 bits per heavy atom. The standard InChI is InChI=1S/C15H16ClN3O5S/c1-2-23-14(22)8-7-12(20)17-15(25)19-18-13(21)9-24-11-5-3-10(16)4-6-11/h3-8H,2,9H2,1H3,(H,18,21)(H2,17,19,20,25). The van der Waals surface area contributed by atoms with Gasteiger partial charge in [-0.05, 0) is 43.4 Å². The highest BCUT2D eigenvalue weighted by Gasteiger charge is 2.05. The number of halogens is 1. The minimum Gasteiger partial charge on any atom is -0.484 e. The summed E-state index contributed by atoms with van der Waals surface area (Å²) in [7, 11) is 0. The van der Waals surface area contributed by atoms with Gasteiger partial charge in [-0.15, -0.1) is 0 Å². The fourth-order valence-corrected chi connectivity index (χ4v) is 1.64. The number of ether oxygens (including phenoxy) is 2. The molecule has 0 bridgehead atoms. The topological polar surface area (TPSA) is 106 Å². The van der Waals surface area contributed by atoms with E-state index in [1.54, 1.807) is 31.2 Å². The summed E-state index contributed by atoms with van der Waals surface area (Å²) in [6.45, 7) is 1.58. The van der Waals surface area contributed by atoms with E-state index in [2.05, 4.69) is 20.9 Å². The molecule has 0 aliphatic carbocycles. The van der Waals surface area contributed by atoms with Gasteiger partial charge in [-0.1, -0.05) is 11.6 Å². The van der Waals surface area contributed by atoms with Crippen LogP contribution in [0.2, 0.25) is 5.02 Å². The smallest absolute Gasteiger partial charge is 0.330 e. The van der Waals surface area contributed by atoms with Gasteiger partial charge in [0.2, 0.25) is 5.91 Å². The maximum Gasteiger partial charge on any atom is 0.330 e. The van der Waals surface area contributed by atoms with Crippen molar-refractivity contribution >= 4 is 46.7 Å². The van der Waals surface area contributed by atoms with Crippen LogP contribution in [0.4, 0.5) is 0 Å². The summed E-state index contributed by atoms with van der Waals surface area (Å²) in [6.07, 6.45) is 1.91. The minimum absolute atomic E-state index is 0.154. The first-order valence-electron chi connectivity index (χ1n) is 7.03. The summed E-state index contributed by atoms with van der Waals surface area (Å²) < 4.78 is 9.83. The Labute approximate surface area is 154 Å². The number of hydrogen-bond acceptors (Lipinski definition) is 6. The van der Waals surface area contributed by atoms with E-state index in [9.17, 15) is 14.4 Å². The second kappa shape index (κ2) is 11.0. The fourth-order valence-electron chi connectivity index (χ4n) is 1.36. The molecule has 0 saturated carbocycles. The van der Waals surface area contributed by atoms with Crippen LogP contribution in [-0.4, -0.2) is 36.1 Å². The molecule has 0 aliphatic heterocycles. The molecule has 134 valence electrons. The molecule has 2 amide bonds. The van der Waals surface area contributed by atoms with Gasteiger partial charge in [-0.25, -0.2) is 4.79 Å². The summed E-state index contributed by atoms with van der Waals surface area (Å²) in [6, 6.07) is 6.48. The van der Waals surface area contributed by atoms with Gasteiger partial charge < -0.3 is 9.47 Å². The van der Waals surface area contributed by atoms with Crippen molar-refractivity contribution in [1.29, 1.82) is 0 Å². The van der Waals surface area contributed by atoms with Crippen LogP contribution in [-0.2, 0) is 19.1 Å². The second-order valence-corrected chi connectivity index (χ2v) is 5.16. The number of esters is 1. The monoisotopic (exact) mass is 385 g/mol. The number of nitrogens with one attached hydrogen (secondary N) is 3. The van der Waals surface area contributed by atoms with E-state index >= 15 is 0 Å². The SMILES string of the molecule is CCOC(=O)C=CC(=O)NC(=S)NNC(=O)COc1ccc(Cl)cc1. The zero-order valence-corrected chi connectivity index (χ0v) is 14.8. The van der Waals surface area contributed by atoms with Gasteiger partial charge in [0.1, 0.15) is 5.75 Å². The van der Waals surface area contributed by atoms with Gasteiger partial charge in [0.05, 0.1) is 6.61 Å². The zero-order valence-electron chi connectivity index (χ0n) is 13.2. The zero-order chi connectivity index (χ0) is 18.7. The van der Waals surface area contributed by atoms with E-state index < -0.39 is 17.8 Å². The lowest BCUT2D eigenvalue weighted by atomic mass is 10.3. The summed E-state index contributed by atoms with van der Waals surface area (Å²) in [4.78, 5) is 34.1. The molecule has 0 aromatic heterocycles. The van der Waals surface area contributed by atoms with E-state index in [1.165, 1.54) is 0 Å². The number of benzene rings is 1. The molecule has 0 radical (unpaired) electrons. The minimum atomic E-state index is -0.655. The molecule has 10 heteroatoms. The summed E-state index contributed by atoms with van der Waals surface area (Å²) in [5, 5.41) is 2.63. The van der Waals surface area contributed by atoms with Crippen LogP contribution in [0.15, 0.2) is 36.4 Å². The van der Waals surface area contributed by atoms with Crippen molar-refractivity contribution in [2.24, 2.45) is 0 Å². The fraction of sp³-hybridized carbons (Fsp3) is 0.200. The molecule has 3 N–H and O–H groups in total. The number of thiocarbonyl (C=S) groups is 1. The number of carbonyl (C=O) groups excluding carboxylic acids is 3. The molecule has 0 aliphatic rings. The Morgan fingerprint density at radius 3 is 2.48 bits per heavy atom. The van der Waals surface area contributed by atoms with Gasteiger partial charge in [-0.3, -0.25) is 25.8 Å². The van der Waals surface area contributed by atoms with Gasteiger partial charge in [0.25, 0.3) is 5.91 Å². The summed E-state index contributed by atoms with van der Waals surface area (Å²) >= 11 is 10.5. The van der Waals surface area contributed by atoms with Crippen LogP contribution in [0, 0.1) is 0 Å². The van der Waals surface area contributed by atoms with Crippen LogP contribution in [0.3, 0.4) is 0 Å². The summed E-state index contributed by atoms with van der Waals surface area (Å²) in [5.74, 6) is -1.35. The quantitative estimate of drug-likeness (QED) is 0.288. The maximum atomic E-state index is 11.6. The van der Waals surface area contributed by atoms with Crippen molar-refractivity contribution < 1.29 is 23.9 Å². The average molecular weight is 386 g/mol. The number of carbonyl (C=O) groups is 3. The van der Waals surface area contributed by atoms with E-state index in [4.69, 9.17) is 28.6 Å². The molecule has 0 saturated heterocycles. The average Bonchev–Trinajstić information content (AvgIpc) is 2.58. The molecular weight excluding hydrogens is 370 g/mol. The maximum absolute atomic E-state index is 11.6. The van der Waals surface area contributed by atoms with Gasteiger partial charge in [0, 0.05) is 17.2 Å². The van der Waals surface area contributed by atoms with Crippen molar-refractivity contribution in [3.8, 4) is 5.75 Å². The van der Waals surface area contributed by atoms with Crippen LogP contribution in [0.25, 0.3) is 0 Å². The van der Waals surface area contributed by atoms with Crippen molar-refractivity contribution in [3.63, 3.8) is 0 Å². The molecule has 1 rings (SSSR count). The second-order valence-electron chi connectivity index (χ2n) is 4.32. The van der Waals surface area contributed by atoms with Crippen molar-refractivity contribution in [1.82, 2.24) is 16.2 Å². The van der Waals surface area contributed by atoms with Crippen molar-refractivity contribution in [3.05, 3.63) is 41.4 Å². The molecule has 0 fully saturated rings. The third-order valence-electron chi connectivity index (χ3n) is 2.39. The third kappa shape index (κ3) is 9.28. The molecule has 8 nitrogen and oxygen atoms in total. The largest absolute Gasteiger partial charge is 0.484 e. The normalized spacial score (nSPS) is 10.0. The number of hydrazine groups is 1. The highest BCUT2D eigenvalue weighted by atomic mass is 35.5. The van der Waals surface area contributed by atoms with Gasteiger partial charge >= 0.3 is 5.97 Å².